The van der Waals surface area contributed by atoms with E-state index in [9.17, 15) is 4.79 Å². The minimum atomic E-state index is 0.0840. The molecule has 0 atom stereocenters. The third-order valence-electron chi connectivity index (χ3n) is 3.33. The molecule has 1 N–H and O–H groups in total. The highest BCUT2D eigenvalue weighted by Gasteiger charge is 2.31. The van der Waals surface area contributed by atoms with Crippen LogP contribution in [0.25, 0.3) is 0 Å². The van der Waals surface area contributed by atoms with Gasteiger partial charge < -0.3 is 10.2 Å². The van der Waals surface area contributed by atoms with Crippen molar-refractivity contribution in [2.45, 2.75) is 13.0 Å². The van der Waals surface area contributed by atoms with Gasteiger partial charge in [-0.1, -0.05) is 17.7 Å². The number of amides is 1. The van der Waals surface area contributed by atoms with E-state index in [2.05, 4.69) is 15.3 Å². The van der Waals surface area contributed by atoms with Crippen molar-refractivity contribution >= 4 is 11.9 Å². The first kappa shape index (κ1) is 12.6. The van der Waals surface area contributed by atoms with Gasteiger partial charge in [-0.15, -0.1) is 0 Å². The van der Waals surface area contributed by atoms with E-state index in [4.69, 9.17) is 0 Å². The third kappa shape index (κ3) is 2.61. The number of anilines is 1. The second kappa shape index (κ2) is 5.28. The summed E-state index contributed by atoms with van der Waals surface area (Å²) in [7, 11) is 0. The molecule has 1 fully saturated rings. The number of hydrogen-bond donors (Lipinski definition) is 1. The van der Waals surface area contributed by atoms with Crippen molar-refractivity contribution in [3.05, 3.63) is 53.9 Å². The highest BCUT2D eigenvalue weighted by molar-refractivity contribution is 5.95. The Morgan fingerprint density at radius 1 is 1.25 bits per heavy atom. The number of hydrogen-bond acceptors (Lipinski definition) is 4. The van der Waals surface area contributed by atoms with Crippen LogP contribution in [0.2, 0.25) is 0 Å². The van der Waals surface area contributed by atoms with Gasteiger partial charge in [-0.05, 0) is 25.1 Å². The molecule has 0 bridgehead atoms. The van der Waals surface area contributed by atoms with E-state index in [1.54, 1.807) is 18.5 Å². The molecule has 0 aliphatic carbocycles. The van der Waals surface area contributed by atoms with Crippen LogP contribution in [0.1, 0.15) is 15.9 Å². The molecule has 1 aliphatic rings. The molecule has 1 amide bonds. The maximum Gasteiger partial charge on any atom is 0.254 e. The van der Waals surface area contributed by atoms with E-state index in [0.717, 1.165) is 11.1 Å². The van der Waals surface area contributed by atoms with Gasteiger partial charge in [-0.2, -0.15) is 0 Å². The van der Waals surface area contributed by atoms with Gasteiger partial charge in [0.1, 0.15) is 0 Å². The molecule has 0 unspecified atom stereocenters. The number of carbonyl (C=O) groups is 1. The second-order valence-corrected chi connectivity index (χ2v) is 4.99. The maximum atomic E-state index is 12.2. The van der Waals surface area contributed by atoms with E-state index < -0.39 is 0 Å². The molecule has 1 saturated heterocycles. The van der Waals surface area contributed by atoms with Crippen LogP contribution in [-0.2, 0) is 0 Å². The van der Waals surface area contributed by atoms with Crippen LogP contribution in [-0.4, -0.2) is 39.9 Å². The molecule has 20 heavy (non-hydrogen) atoms. The average Bonchev–Trinajstić information content (AvgIpc) is 2.43. The number of likely N-dealkylation sites (tertiary alicyclic amines) is 1. The van der Waals surface area contributed by atoms with Crippen molar-refractivity contribution in [3.8, 4) is 0 Å². The quantitative estimate of drug-likeness (QED) is 0.921. The van der Waals surface area contributed by atoms with Crippen LogP contribution in [0, 0.1) is 6.92 Å². The predicted octanol–water partition coefficient (Wildman–Crippen LogP) is 1.72. The molecule has 3 rings (SSSR count). The Labute approximate surface area is 117 Å². The maximum absolute atomic E-state index is 12.2. The van der Waals surface area contributed by atoms with Crippen LogP contribution >= 0.6 is 0 Å². The number of aromatic nitrogens is 2. The molecule has 1 aliphatic heterocycles. The fourth-order valence-corrected chi connectivity index (χ4v) is 2.25. The zero-order valence-electron chi connectivity index (χ0n) is 11.3. The first-order valence-corrected chi connectivity index (χ1v) is 6.62. The van der Waals surface area contributed by atoms with Crippen molar-refractivity contribution in [1.82, 2.24) is 14.9 Å². The molecular weight excluding hydrogens is 252 g/mol. The smallest absolute Gasteiger partial charge is 0.254 e. The minimum absolute atomic E-state index is 0.0840. The molecule has 0 saturated carbocycles. The van der Waals surface area contributed by atoms with Crippen molar-refractivity contribution in [1.29, 1.82) is 0 Å². The van der Waals surface area contributed by atoms with Crippen LogP contribution in [0.5, 0.6) is 0 Å². The average molecular weight is 268 g/mol. The van der Waals surface area contributed by atoms with Gasteiger partial charge in [-0.25, -0.2) is 9.97 Å². The predicted molar refractivity (Wildman–Crippen MR) is 76.5 cm³/mol. The van der Waals surface area contributed by atoms with Crippen molar-refractivity contribution in [3.63, 3.8) is 0 Å². The molecule has 5 heteroatoms. The zero-order valence-corrected chi connectivity index (χ0v) is 11.3. The molecule has 0 spiro atoms. The van der Waals surface area contributed by atoms with Gasteiger partial charge in [0, 0.05) is 31.0 Å². The number of aryl methyl sites for hydroxylation is 1. The SMILES string of the molecule is Cc1cccc(C(=O)N2CC(Nc3ncccn3)C2)c1. The molecule has 5 nitrogen and oxygen atoms in total. The summed E-state index contributed by atoms with van der Waals surface area (Å²) in [4.78, 5) is 22.3. The van der Waals surface area contributed by atoms with Gasteiger partial charge >= 0.3 is 0 Å². The first-order chi connectivity index (χ1) is 9.72. The first-order valence-electron chi connectivity index (χ1n) is 6.62. The van der Waals surface area contributed by atoms with Gasteiger partial charge in [-0.3, -0.25) is 4.79 Å². The van der Waals surface area contributed by atoms with Crippen LogP contribution < -0.4 is 5.32 Å². The van der Waals surface area contributed by atoms with Crippen molar-refractivity contribution < 1.29 is 4.79 Å². The van der Waals surface area contributed by atoms with Gasteiger partial charge in [0.2, 0.25) is 5.95 Å². The third-order valence-corrected chi connectivity index (χ3v) is 3.33. The summed E-state index contributed by atoms with van der Waals surface area (Å²) in [6.45, 7) is 3.36. The molecule has 2 aromatic rings. The highest BCUT2D eigenvalue weighted by atomic mass is 16.2. The lowest BCUT2D eigenvalue weighted by molar-refractivity contribution is 0.0624. The second-order valence-electron chi connectivity index (χ2n) is 4.99. The largest absolute Gasteiger partial charge is 0.348 e. The Bertz CT molecular complexity index is 608. The van der Waals surface area contributed by atoms with E-state index in [1.807, 2.05) is 36.1 Å². The highest BCUT2D eigenvalue weighted by Crippen LogP contribution is 2.16. The molecule has 102 valence electrons. The summed E-state index contributed by atoms with van der Waals surface area (Å²) in [6.07, 6.45) is 3.40. The summed E-state index contributed by atoms with van der Waals surface area (Å²) in [6, 6.07) is 9.69. The summed E-state index contributed by atoms with van der Waals surface area (Å²) in [5, 5.41) is 3.21. The molecule has 0 radical (unpaired) electrons. The summed E-state index contributed by atoms with van der Waals surface area (Å²) < 4.78 is 0. The summed E-state index contributed by atoms with van der Waals surface area (Å²) in [5.74, 6) is 0.695. The lowest BCUT2D eigenvalue weighted by Gasteiger charge is -2.39. The lowest BCUT2D eigenvalue weighted by Crippen LogP contribution is -2.57. The lowest BCUT2D eigenvalue weighted by atomic mass is 10.1. The Kier molecular flexibility index (Phi) is 3.33. The zero-order chi connectivity index (χ0) is 13.9. The number of nitrogens with zero attached hydrogens (tertiary/aromatic N) is 3. The number of nitrogens with one attached hydrogen (secondary N) is 1. The molecular formula is C15H16N4O. The number of benzene rings is 1. The van der Waals surface area contributed by atoms with Crippen molar-refractivity contribution in [2.75, 3.05) is 18.4 Å². The Morgan fingerprint density at radius 2 is 2.00 bits per heavy atom. The Morgan fingerprint density at radius 3 is 2.70 bits per heavy atom. The monoisotopic (exact) mass is 268 g/mol. The van der Waals surface area contributed by atoms with Crippen LogP contribution in [0.3, 0.4) is 0 Å². The number of rotatable bonds is 3. The standard InChI is InChI=1S/C15H16N4O/c1-11-4-2-5-12(8-11)14(20)19-9-13(10-19)18-15-16-6-3-7-17-15/h2-8,13H,9-10H2,1H3,(H,16,17,18). The Balaban J connectivity index is 1.56. The van der Waals surface area contributed by atoms with E-state index >= 15 is 0 Å². The van der Waals surface area contributed by atoms with E-state index in [0.29, 0.717) is 19.0 Å². The molecule has 1 aromatic heterocycles. The van der Waals surface area contributed by atoms with E-state index in [-0.39, 0.29) is 11.9 Å². The number of carbonyl (C=O) groups excluding carboxylic acids is 1. The van der Waals surface area contributed by atoms with Gasteiger partial charge in [0.05, 0.1) is 6.04 Å². The van der Waals surface area contributed by atoms with Crippen LogP contribution in [0.15, 0.2) is 42.7 Å². The van der Waals surface area contributed by atoms with E-state index in [1.165, 1.54) is 0 Å². The summed E-state index contributed by atoms with van der Waals surface area (Å²) in [5.41, 5.74) is 1.85. The minimum Gasteiger partial charge on any atom is -0.348 e. The fraction of sp³-hybridized carbons (Fsp3) is 0.267. The molecule has 1 aromatic carbocycles. The van der Waals surface area contributed by atoms with Gasteiger partial charge in [0.25, 0.3) is 5.91 Å². The molecule has 2 heterocycles. The normalized spacial score (nSPS) is 14.8. The van der Waals surface area contributed by atoms with Crippen molar-refractivity contribution in [2.24, 2.45) is 0 Å². The van der Waals surface area contributed by atoms with Gasteiger partial charge in [0.15, 0.2) is 0 Å². The summed E-state index contributed by atoms with van der Waals surface area (Å²) >= 11 is 0. The Hall–Kier alpha value is -2.43. The topological polar surface area (TPSA) is 58.1 Å². The fourth-order valence-electron chi connectivity index (χ4n) is 2.25. The van der Waals surface area contributed by atoms with Crippen LogP contribution in [0.4, 0.5) is 5.95 Å².